The molecule has 2 aliphatic heterocycles. The van der Waals surface area contributed by atoms with Crippen LogP contribution in [0.3, 0.4) is 0 Å². The van der Waals surface area contributed by atoms with Crippen molar-refractivity contribution in [3.8, 4) is 46.4 Å². The largest absolute Gasteiger partial charge is 0.438 e. The van der Waals surface area contributed by atoms with Gasteiger partial charge in [-0.25, -0.2) is 29.9 Å². The summed E-state index contributed by atoms with van der Waals surface area (Å²) in [5.41, 5.74) is 15.7. The molecule has 2 fully saturated rings. The van der Waals surface area contributed by atoms with Gasteiger partial charge in [-0.3, -0.25) is 24.0 Å². The summed E-state index contributed by atoms with van der Waals surface area (Å²) in [6, 6.07) is 52.8. The number of piperazine rings is 2. The Bertz CT molecular complexity index is 6500. The van der Waals surface area contributed by atoms with Gasteiger partial charge in [0.05, 0.1) is 28.8 Å². The number of amides is 4. The number of alkyl halides is 3. The number of aromatic nitrogens is 9. The molecule has 0 atom stereocenters. The summed E-state index contributed by atoms with van der Waals surface area (Å²) in [7, 11) is 10.3. The van der Waals surface area contributed by atoms with Gasteiger partial charge in [-0.05, 0) is 217 Å². The van der Waals surface area contributed by atoms with Crippen molar-refractivity contribution in [2.45, 2.75) is 54.1 Å². The molecule has 0 unspecified atom stereocenters. The number of ether oxygens (including phenoxy) is 2. The first-order chi connectivity index (χ1) is 63.8. The van der Waals surface area contributed by atoms with Crippen LogP contribution in [0.25, 0.3) is 33.1 Å². The molecule has 29 nitrogen and oxygen atoms in total. The van der Waals surface area contributed by atoms with Crippen LogP contribution in [0.1, 0.15) is 47.2 Å². The fourth-order valence-electron chi connectivity index (χ4n) is 14.3. The van der Waals surface area contributed by atoms with Crippen LogP contribution < -0.4 is 61.4 Å². The molecule has 8 aromatic carbocycles. The first-order valence-electron chi connectivity index (χ1n) is 42.6. The minimum Gasteiger partial charge on any atom is -0.438 e. The van der Waals surface area contributed by atoms with Crippen LogP contribution in [0.15, 0.2) is 239 Å². The Labute approximate surface area is 775 Å². The van der Waals surface area contributed by atoms with Crippen molar-refractivity contribution in [2.75, 3.05) is 146 Å². The Morgan fingerprint density at radius 2 is 1.12 bits per heavy atom. The number of carbonyl (C=O) groups excluding carboxylic acids is 5. The van der Waals surface area contributed by atoms with Crippen LogP contribution in [-0.4, -0.2) is 182 Å². The Hall–Kier alpha value is -15.6. The van der Waals surface area contributed by atoms with E-state index < -0.39 is 23.5 Å². The zero-order valence-electron chi connectivity index (χ0n) is 75.8. The molecule has 0 spiro atoms. The SMILES string of the molecule is C=CC(=O)Nc1cc(Nc2nccc(-c3cn(C)c4ccccc34)n2)c(C)cc1N(C)CCN(C)C.C=CC(=O)Nc1cccc(Oc2nc(Nc3ccc(N4CCN(C(C)=O)CC4)cc3C)ncc2C(F)(F)F)c1.C=CC(=O)Nc1cccc(Oc2nc(Nc3ccc(N4CCN(C)CC4)cc3C)ncc2Cl)c1.CC#CC(=O)Cc1ccc2ncnc(Nc3cccc(C)c3)c2c1. The molecule has 684 valence electrons. The first kappa shape index (κ1) is 96.5. The van der Waals surface area contributed by atoms with Crippen LogP contribution in [0.4, 0.5) is 93.7 Å². The second-order valence-corrected chi connectivity index (χ2v) is 32.0. The third-order valence-electron chi connectivity index (χ3n) is 21.4. The molecule has 133 heavy (non-hydrogen) atoms. The van der Waals surface area contributed by atoms with Gasteiger partial charge in [0.25, 0.3) is 0 Å². The summed E-state index contributed by atoms with van der Waals surface area (Å²) < 4.78 is 54.5. The molecule has 0 bridgehead atoms. The summed E-state index contributed by atoms with van der Waals surface area (Å²) in [5.74, 6) is 5.64. The van der Waals surface area contributed by atoms with Crippen LogP contribution >= 0.6 is 11.6 Å². The lowest BCUT2D eigenvalue weighted by atomic mass is 10.1. The zero-order chi connectivity index (χ0) is 95.0. The second kappa shape index (κ2) is 45.1. The van der Waals surface area contributed by atoms with Crippen molar-refractivity contribution in [3.63, 3.8) is 0 Å². The average molecular weight is 1820 g/mol. The maximum atomic E-state index is 13.7. The molecule has 2 aliphatic rings. The molecule has 13 aromatic rings. The van der Waals surface area contributed by atoms with Crippen molar-refractivity contribution in [3.05, 3.63) is 277 Å². The smallest absolute Gasteiger partial charge is 0.423 e. The number of rotatable bonds is 27. The number of nitrogens with zero attached hydrogens (tertiary/aromatic N) is 15. The van der Waals surface area contributed by atoms with Gasteiger partial charge in [0.1, 0.15) is 34.2 Å². The topological polar surface area (TPSA) is 316 Å². The molecule has 2 saturated heterocycles. The fraction of sp³-hybridized carbons (Fsp3) is 0.230. The van der Waals surface area contributed by atoms with Gasteiger partial charge < -0.3 is 80.7 Å². The monoisotopic (exact) mass is 1820 g/mol. The number of likely N-dealkylation sites (N-methyl/N-ethyl adjacent to an activating group) is 3. The van der Waals surface area contributed by atoms with Gasteiger partial charge in [0.15, 0.2) is 0 Å². The van der Waals surface area contributed by atoms with E-state index >= 15 is 0 Å². The minimum absolute atomic E-state index is 0.0393. The summed E-state index contributed by atoms with van der Waals surface area (Å²) in [6.45, 7) is 30.1. The molecule has 33 heteroatoms. The summed E-state index contributed by atoms with van der Waals surface area (Å²) in [4.78, 5) is 106. The Balaban J connectivity index is 0.000000162. The summed E-state index contributed by atoms with van der Waals surface area (Å²) in [6.07, 6.45) is 6.60. The third kappa shape index (κ3) is 26.8. The molecule has 15 rings (SSSR count). The normalized spacial score (nSPS) is 12.3. The predicted molar refractivity (Wildman–Crippen MR) is 523 cm³/mol. The van der Waals surface area contributed by atoms with E-state index in [2.05, 4.69) is 189 Å². The highest BCUT2D eigenvalue weighted by Crippen LogP contribution is 2.41. The minimum atomic E-state index is -4.76. The Kier molecular flexibility index (Phi) is 32.7. The van der Waals surface area contributed by atoms with E-state index in [0.29, 0.717) is 72.8 Å². The number of nitrogens with one attached hydrogen (secondary N) is 7. The number of hydrogen-bond acceptors (Lipinski definition) is 24. The molecule has 0 saturated carbocycles. The number of fused-ring (bicyclic) bond motifs is 2. The Morgan fingerprint density at radius 1 is 0.549 bits per heavy atom. The maximum Gasteiger partial charge on any atom is 0.423 e. The molecular formula is C100H104ClF3N22O7. The number of benzene rings is 8. The predicted octanol–water partition coefficient (Wildman–Crippen LogP) is 18.6. The van der Waals surface area contributed by atoms with Gasteiger partial charge >= 0.3 is 6.18 Å². The van der Waals surface area contributed by atoms with Gasteiger partial charge in [-0.2, -0.15) is 23.1 Å². The van der Waals surface area contributed by atoms with E-state index in [-0.39, 0.29) is 52.5 Å². The molecule has 4 amide bonds. The van der Waals surface area contributed by atoms with Gasteiger partial charge in [-0.1, -0.05) is 85.8 Å². The highest BCUT2D eigenvalue weighted by atomic mass is 35.5. The number of anilines is 14. The van der Waals surface area contributed by atoms with Crippen LogP contribution in [0.5, 0.6) is 23.3 Å². The van der Waals surface area contributed by atoms with Crippen LogP contribution in [-0.2, 0) is 43.6 Å². The van der Waals surface area contributed by atoms with Gasteiger partial charge in [0.2, 0.25) is 59.0 Å². The summed E-state index contributed by atoms with van der Waals surface area (Å²) in [5, 5.41) is 23.4. The lowest BCUT2D eigenvalue weighted by molar-refractivity contribution is -0.139. The number of ketones is 1. The zero-order valence-corrected chi connectivity index (χ0v) is 76.5. The quantitative estimate of drug-likeness (QED) is 0.0143. The number of Topliss-reactive ketones (excluding diaryl/α,β-unsaturated/α-hetero) is 1. The number of halogens is 4. The van der Waals surface area contributed by atoms with E-state index in [4.69, 9.17) is 26.1 Å². The maximum absolute atomic E-state index is 13.7. The lowest BCUT2D eigenvalue weighted by Gasteiger charge is -2.35. The van der Waals surface area contributed by atoms with E-state index in [9.17, 15) is 37.1 Å². The van der Waals surface area contributed by atoms with Gasteiger partial charge in [0, 0.05) is 191 Å². The third-order valence-corrected chi connectivity index (χ3v) is 21.7. The highest BCUT2D eigenvalue weighted by Gasteiger charge is 2.37. The van der Waals surface area contributed by atoms with Crippen molar-refractivity contribution in [2.24, 2.45) is 7.05 Å². The van der Waals surface area contributed by atoms with E-state index in [1.165, 1.54) is 54.1 Å². The molecular weight excluding hydrogens is 1710 g/mol. The van der Waals surface area contributed by atoms with E-state index in [0.717, 1.165) is 135 Å². The second-order valence-electron chi connectivity index (χ2n) is 31.6. The fourth-order valence-corrected chi connectivity index (χ4v) is 14.4. The lowest BCUT2D eigenvalue weighted by Crippen LogP contribution is -2.48. The summed E-state index contributed by atoms with van der Waals surface area (Å²) >= 11 is 6.27. The number of para-hydroxylation sites is 1. The number of hydrogen-bond donors (Lipinski definition) is 7. The molecule has 5 aromatic heterocycles. The highest BCUT2D eigenvalue weighted by molar-refractivity contribution is 6.31. The molecule has 0 aliphatic carbocycles. The van der Waals surface area contributed by atoms with E-state index in [1.807, 2.05) is 128 Å². The van der Waals surface area contributed by atoms with Crippen LogP contribution in [0.2, 0.25) is 5.02 Å². The first-order valence-corrected chi connectivity index (χ1v) is 42.9. The Morgan fingerprint density at radius 3 is 1.72 bits per heavy atom. The van der Waals surface area contributed by atoms with Crippen molar-refractivity contribution >= 4 is 143 Å². The molecule has 7 N–H and O–H groups in total. The van der Waals surface area contributed by atoms with Crippen molar-refractivity contribution < 1.29 is 46.6 Å². The molecule has 7 heterocycles. The number of carbonyl (C=O) groups is 5. The molecule has 0 radical (unpaired) electrons. The van der Waals surface area contributed by atoms with Crippen molar-refractivity contribution in [1.82, 2.24) is 59.1 Å². The standard InChI is InChI=1S/C28H33N7O.C27H27F3N6O3.C25H27ClN6O2.C20H17N3O/c1-7-27(36)30-24-17-23(19(2)16-26(24)34(5)15-14-33(3)4)32-28-29-13-12-22(31-28)21-18-35(6)25-11-9-8-10-20(21)25;1-4-24(38)32-19-6-5-7-21(15-19)39-25-22(27(28,29)30)16-31-26(34-25)33-23-9-8-20(14-17(23)2)36-12-10-35(11-13-36)18(3)37;1-4-23(33)28-18-6-5-7-20(15-18)34-24-21(26)16-27-25(30-24)29-22-9-8-19(14-17(22)2)32-12-10-31(3)11-13-32;1-3-5-17(24)11-15-8-9-19-18(12-15)20(22-13-21-19)23-16-7-4-6-14(2)10-16/h7-13,16-18H,1,14-15H2,2-6H3,(H,30,36)(H,29,31,32);4-9,14-16H,1,10-13H2,2-3H3,(H,32,38)(H,31,33,34);4-9,14-16H,1,10-13H2,2-3H3,(H,28,33)(H,27,29,30);4,6-10,12-13H,11H2,1-2H3,(H,21,22,23). The number of aryl methyl sites for hydroxylation is 5. The van der Waals surface area contributed by atoms with Crippen molar-refractivity contribution in [1.29, 1.82) is 0 Å². The average Bonchev–Trinajstić information content (AvgIpc) is 1.66. The van der Waals surface area contributed by atoms with Crippen LogP contribution in [0, 0.1) is 39.5 Å². The van der Waals surface area contributed by atoms with Gasteiger partial charge in [-0.15, -0.1) is 0 Å². The van der Waals surface area contributed by atoms with E-state index in [1.54, 1.807) is 61.3 Å².